The summed E-state index contributed by atoms with van der Waals surface area (Å²) in [5.74, 6) is 0.0186. The van der Waals surface area contributed by atoms with Gasteiger partial charge >= 0.3 is 0 Å². The van der Waals surface area contributed by atoms with Crippen LogP contribution in [0.1, 0.15) is 26.2 Å². The first-order valence-electron chi connectivity index (χ1n) is 10.1. The number of carbonyl (C=O) groups excluding carboxylic acids is 3. The number of ether oxygens (including phenoxy) is 1. The third-order valence-electron chi connectivity index (χ3n) is 5.91. The highest BCUT2D eigenvalue weighted by Gasteiger charge is 2.57. The number of benzene rings is 1. The number of hydrogen-bond acceptors (Lipinski definition) is 6. The summed E-state index contributed by atoms with van der Waals surface area (Å²) in [5.41, 5.74) is -0.588. The maximum Gasteiger partial charge on any atom is 0.258 e. The summed E-state index contributed by atoms with van der Waals surface area (Å²) in [4.78, 5) is 36.1. The van der Waals surface area contributed by atoms with Gasteiger partial charge in [-0.25, -0.2) is 4.39 Å². The predicted octanol–water partition coefficient (Wildman–Crippen LogP) is 1.14. The van der Waals surface area contributed by atoms with Crippen molar-refractivity contribution in [1.82, 2.24) is 21.3 Å². The van der Waals surface area contributed by atoms with Crippen LogP contribution in [0.4, 0.5) is 4.39 Å². The third kappa shape index (κ3) is 5.07. The largest absolute Gasteiger partial charge is 0.484 e. The lowest BCUT2D eigenvalue weighted by atomic mass is 9.76. The van der Waals surface area contributed by atoms with E-state index in [0.717, 1.165) is 18.9 Å². The summed E-state index contributed by atoms with van der Waals surface area (Å²) in [6, 6.07) is 3.66. The summed E-state index contributed by atoms with van der Waals surface area (Å²) in [5, 5.41) is 11.9. The minimum atomic E-state index is -0.604. The molecule has 4 fully saturated rings. The zero-order valence-corrected chi connectivity index (χ0v) is 18.4. The van der Waals surface area contributed by atoms with Gasteiger partial charge in [0.2, 0.25) is 11.8 Å². The van der Waals surface area contributed by atoms with Crippen LogP contribution in [-0.2, 0) is 14.4 Å². The molecule has 0 aromatic heterocycles. The molecular weight excluding hydrogens is 447 g/mol. The minimum Gasteiger partial charge on any atom is -0.484 e. The number of carbonyl (C=O) groups is 3. The number of fused-ring (bicyclic) bond motifs is 1. The Labute approximate surface area is 188 Å². The van der Waals surface area contributed by atoms with E-state index in [4.69, 9.17) is 16.3 Å². The van der Waals surface area contributed by atoms with E-state index < -0.39 is 5.82 Å². The van der Waals surface area contributed by atoms with Crippen LogP contribution in [0.15, 0.2) is 18.2 Å². The van der Waals surface area contributed by atoms with Gasteiger partial charge in [0.15, 0.2) is 6.61 Å². The molecule has 3 aliphatic carbocycles. The molecule has 168 valence electrons. The number of nitrogens with one attached hydrogen (secondary N) is 4. The van der Waals surface area contributed by atoms with Crippen molar-refractivity contribution in [3.05, 3.63) is 29.0 Å². The van der Waals surface area contributed by atoms with Gasteiger partial charge in [0.05, 0.1) is 11.1 Å². The molecular formula is C20H24ClFN4O4S. The minimum absolute atomic E-state index is 0.00527. The number of rotatable bonds is 7. The lowest BCUT2D eigenvalue weighted by Crippen LogP contribution is -2.53. The molecule has 0 spiro atoms. The van der Waals surface area contributed by atoms with Gasteiger partial charge in [0.25, 0.3) is 5.91 Å². The van der Waals surface area contributed by atoms with Crippen LogP contribution in [0.3, 0.4) is 0 Å². The van der Waals surface area contributed by atoms with Crippen LogP contribution >= 0.6 is 23.4 Å². The van der Waals surface area contributed by atoms with Crippen LogP contribution in [0.5, 0.6) is 5.75 Å². The molecule has 1 aromatic carbocycles. The van der Waals surface area contributed by atoms with Gasteiger partial charge in [0.1, 0.15) is 17.1 Å². The average molecular weight is 471 g/mol. The molecule has 4 aliphatic rings. The number of hydrogen-bond donors (Lipinski definition) is 4. The SMILES string of the molecule is CC(=O)NC1NC(C(=O)NC2CC3(NC(=O)COc4ccc(Cl)c(F)c4)CC2C3)CS1. The maximum atomic E-state index is 13.5. The Morgan fingerprint density at radius 2 is 2.06 bits per heavy atom. The Morgan fingerprint density at radius 1 is 1.29 bits per heavy atom. The first-order chi connectivity index (χ1) is 14.7. The lowest BCUT2D eigenvalue weighted by Gasteiger charge is -2.39. The van der Waals surface area contributed by atoms with E-state index in [2.05, 4.69) is 21.3 Å². The molecule has 5 rings (SSSR count). The van der Waals surface area contributed by atoms with Crippen molar-refractivity contribution in [2.75, 3.05) is 12.4 Å². The fourth-order valence-electron chi connectivity index (χ4n) is 4.53. The van der Waals surface area contributed by atoms with Crippen LogP contribution in [-0.4, -0.2) is 53.2 Å². The Balaban J connectivity index is 1.22. The molecule has 1 aliphatic heterocycles. The Hall–Kier alpha value is -2.04. The normalized spacial score (nSPS) is 30.9. The summed E-state index contributed by atoms with van der Waals surface area (Å²) in [7, 11) is 0. The topological polar surface area (TPSA) is 109 Å². The van der Waals surface area contributed by atoms with Crippen LogP contribution < -0.4 is 26.0 Å². The van der Waals surface area contributed by atoms with E-state index in [1.807, 2.05) is 0 Å². The zero-order valence-electron chi connectivity index (χ0n) is 16.9. The van der Waals surface area contributed by atoms with Gasteiger partial charge in [-0.3, -0.25) is 19.7 Å². The monoisotopic (exact) mass is 470 g/mol. The first-order valence-corrected chi connectivity index (χ1v) is 11.5. The van der Waals surface area contributed by atoms with Gasteiger partial charge in [-0.15, -0.1) is 11.8 Å². The summed E-state index contributed by atoms with van der Waals surface area (Å²) in [6.07, 6.45) is 2.28. The highest BCUT2D eigenvalue weighted by Crippen LogP contribution is 2.52. The predicted molar refractivity (Wildman–Crippen MR) is 114 cm³/mol. The molecule has 1 aromatic rings. The quantitative estimate of drug-likeness (QED) is 0.476. The van der Waals surface area contributed by atoms with E-state index >= 15 is 0 Å². The molecule has 8 nitrogen and oxygen atoms in total. The molecule has 0 radical (unpaired) electrons. The summed E-state index contributed by atoms with van der Waals surface area (Å²) >= 11 is 7.12. The fraction of sp³-hybridized carbons (Fsp3) is 0.550. The number of halogens is 2. The van der Waals surface area contributed by atoms with Gasteiger partial charge in [-0.05, 0) is 37.3 Å². The average Bonchev–Trinajstić information content (AvgIpc) is 3.35. The van der Waals surface area contributed by atoms with Crippen molar-refractivity contribution in [3.8, 4) is 5.75 Å². The molecule has 1 heterocycles. The van der Waals surface area contributed by atoms with Crippen LogP contribution in [0.25, 0.3) is 0 Å². The second kappa shape index (κ2) is 8.84. The highest BCUT2D eigenvalue weighted by molar-refractivity contribution is 8.00. The molecule has 3 unspecified atom stereocenters. The smallest absolute Gasteiger partial charge is 0.258 e. The van der Waals surface area contributed by atoms with Crippen LogP contribution in [0.2, 0.25) is 5.02 Å². The Morgan fingerprint density at radius 3 is 2.77 bits per heavy atom. The summed E-state index contributed by atoms with van der Waals surface area (Å²) in [6.45, 7) is 1.21. The van der Waals surface area contributed by atoms with Crippen molar-refractivity contribution < 1.29 is 23.5 Å². The van der Waals surface area contributed by atoms with Gasteiger partial charge in [0, 0.05) is 30.3 Å². The van der Waals surface area contributed by atoms with Gasteiger partial charge in [-0.2, -0.15) is 0 Å². The Kier molecular flexibility index (Phi) is 6.32. The van der Waals surface area contributed by atoms with Gasteiger partial charge < -0.3 is 20.7 Å². The van der Waals surface area contributed by atoms with Crippen LogP contribution in [0, 0.1) is 11.7 Å². The molecule has 3 saturated carbocycles. The molecule has 3 atom stereocenters. The van der Waals surface area contributed by atoms with E-state index in [1.165, 1.54) is 30.8 Å². The van der Waals surface area contributed by atoms with Crippen molar-refractivity contribution in [1.29, 1.82) is 0 Å². The second-order valence-electron chi connectivity index (χ2n) is 8.31. The fourth-order valence-corrected chi connectivity index (χ4v) is 5.79. The molecule has 3 amide bonds. The molecule has 1 saturated heterocycles. The van der Waals surface area contributed by atoms with Crippen molar-refractivity contribution in [3.63, 3.8) is 0 Å². The van der Waals surface area contributed by atoms with E-state index in [9.17, 15) is 18.8 Å². The van der Waals surface area contributed by atoms with E-state index in [1.54, 1.807) is 0 Å². The third-order valence-corrected chi connectivity index (χ3v) is 7.33. The van der Waals surface area contributed by atoms with Gasteiger partial charge in [-0.1, -0.05) is 11.6 Å². The van der Waals surface area contributed by atoms with Crippen molar-refractivity contribution in [2.45, 2.75) is 49.3 Å². The maximum absolute atomic E-state index is 13.5. The van der Waals surface area contributed by atoms with Crippen molar-refractivity contribution >= 4 is 41.1 Å². The zero-order chi connectivity index (χ0) is 22.2. The van der Waals surface area contributed by atoms with E-state index in [-0.39, 0.29) is 58.2 Å². The lowest BCUT2D eigenvalue weighted by molar-refractivity contribution is -0.126. The molecule has 2 bridgehead atoms. The summed E-state index contributed by atoms with van der Waals surface area (Å²) < 4.78 is 18.8. The standard InChI is InChI=1S/C20H24ClFN4O4S/c1-10(27)23-19-25-16(9-31-19)18(29)24-15-7-20(5-11(15)6-20)26-17(28)8-30-12-2-3-13(21)14(22)4-12/h2-4,11,15-16,19,25H,5-9H2,1H3,(H,23,27)(H,24,29)(H,26,28). The first kappa shape index (κ1) is 22.2. The second-order valence-corrected chi connectivity index (χ2v) is 9.86. The molecule has 4 N–H and O–H groups in total. The molecule has 11 heteroatoms. The number of thioether (sulfide) groups is 1. The Bertz CT molecular complexity index is 898. The van der Waals surface area contributed by atoms with E-state index in [0.29, 0.717) is 18.1 Å². The number of amides is 3. The highest BCUT2D eigenvalue weighted by atomic mass is 35.5. The molecule has 31 heavy (non-hydrogen) atoms. The van der Waals surface area contributed by atoms with Crippen molar-refractivity contribution in [2.24, 2.45) is 5.92 Å².